The van der Waals surface area contributed by atoms with Crippen LogP contribution in [0.3, 0.4) is 0 Å². The molecule has 1 saturated heterocycles. The molecule has 0 saturated carbocycles. The van der Waals surface area contributed by atoms with Gasteiger partial charge in [0.2, 0.25) is 5.91 Å². The fourth-order valence-corrected chi connectivity index (χ4v) is 2.77. The van der Waals surface area contributed by atoms with E-state index < -0.39 is 0 Å². The number of hydrogen-bond donors (Lipinski definition) is 2. The third kappa shape index (κ3) is 4.94. The van der Waals surface area contributed by atoms with E-state index in [1.807, 2.05) is 0 Å². The van der Waals surface area contributed by atoms with E-state index in [1.165, 1.54) is 0 Å². The molecule has 4 heteroatoms. The summed E-state index contributed by atoms with van der Waals surface area (Å²) in [5, 5.41) is 6.50. The van der Waals surface area contributed by atoms with Crippen LogP contribution in [0.15, 0.2) is 0 Å². The summed E-state index contributed by atoms with van der Waals surface area (Å²) in [6.45, 7) is 9.25. The first-order valence-corrected chi connectivity index (χ1v) is 6.98. The summed E-state index contributed by atoms with van der Waals surface area (Å²) in [5.74, 6) is 0.343. The van der Waals surface area contributed by atoms with Gasteiger partial charge in [-0.15, -0.1) is 0 Å². The minimum Gasteiger partial charge on any atom is -0.355 e. The van der Waals surface area contributed by atoms with Gasteiger partial charge in [-0.2, -0.15) is 0 Å². The number of piperidine rings is 1. The zero-order valence-electron chi connectivity index (χ0n) is 12.5. The molecule has 106 valence electrons. The Kier molecular flexibility index (Phi) is 5.60. The maximum atomic E-state index is 12.2. The highest BCUT2D eigenvalue weighted by Crippen LogP contribution is 2.18. The third-order valence-electron chi connectivity index (χ3n) is 3.58. The molecule has 2 atom stereocenters. The lowest BCUT2D eigenvalue weighted by molar-refractivity contribution is -0.127. The highest BCUT2D eigenvalue weighted by atomic mass is 16.1. The van der Waals surface area contributed by atoms with Gasteiger partial charge in [-0.3, -0.25) is 4.79 Å². The van der Waals surface area contributed by atoms with Crippen molar-refractivity contribution in [1.82, 2.24) is 15.5 Å². The van der Waals surface area contributed by atoms with Crippen LogP contribution >= 0.6 is 0 Å². The number of carbonyl (C=O) groups is 1. The van der Waals surface area contributed by atoms with Crippen molar-refractivity contribution >= 4 is 5.91 Å². The molecule has 0 spiro atoms. The van der Waals surface area contributed by atoms with Crippen LogP contribution in [0.4, 0.5) is 0 Å². The van der Waals surface area contributed by atoms with Crippen LogP contribution in [-0.4, -0.2) is 50.6 Å². The molecule has 18 heavy (non-hydrogen) atoms. The molecular formula is C14H29N3O. The van der Waals surface area contributed by atoms with Gasteiger partial charge in [0, 0.05) is 19.1 Å². The van der Waals surface area contributed by atoms with Crippen molar-refractivity contribution in [3.63, 3.8) is 0 Å². The second-order valence-electron chi connectivity index (χ2n) is 6.61. The highest BCUT2D eigenvalue weighted by Gasteiger charge is 2.28. The molecule has 0 aromatic rings. The Morgan fingerprint density at radius 3 is 2.67 bits per heavy atom. The van der Waals surface area contributed by atoms with Gasteiger partial charge in [0.05, 0.1) is 5.92 Å². The maximum absolute atomic E-state index is 12.2. The standard InChI is InChI=1S/C14H29N3O/c1-11-12(7-6-8-15-11)13(18)16-9-14(2,3)10-17(4)5/h11-12,15H,6-10H2,1-5H3,(H,16,18). The second-order valence-corrected chi connectivity index (χ2v) is 6.61. The van der Waals surface area contributed by atoms with E-state index in [1.54, 1.807) is 0 Å². The van der Waals surface area contributed by atoms with Gasteiger partial charge in [-0.05, 0) is 45.8 Å². The predicted molar refractivity (Wildman–Crippen MR) is 75.5 cm³/mol. The molecule has 1 fully saturated rings. The lowest BCUT2D eigenvalue weighted by Crippen LogP contribution is -2.49. The number of amides is 1. The Labute approximate surface area is 111 Å². The van der Waals surface area contributed by atoms with Gasteiger partial charge >= 0.3 is 0 Å². The fraction of sp³-hybridized carbons (Fsp3) is 0.929. The van der Waals surface area contributed by atoms with Crippen molar-refractivity contribution in [1.29, 1.82) is 0 Å². The average molecular weight is 255 g/mol. The lowest BCUT2D eigenvalue weighted by atomic mass is 9.89. The molecule has 1 rings (SSSR count). The zero-order valence-corrected chi connectivity index (χ0v) is 12.5. The third-order valence-corrected chi connectivity index (χ3v) is 3.58. The molecule has 2 unspecified atom stereocenters. The van der Waals surface area contributed by atoms with Gasteiger partial charge in [-0.25, -0.2) is 0 Å². The van der Waals surface area contributed by atoms with Crippen LogP contribution in [0.5, 0.6) is 0 Å². The van der Waals surface area contributed by atoms with Crippen LogP contribution in [0.25, 0.3) is 0 Å². The van der Waals surface area contributed by atoms with Crippen molar-refractivity contribution in [3.05, 3.63) is 0 Å². The summed E-state index contributed by atoms with van der Waals surface area (Å²) in [6, 6.07) is 0.302. The molecule has 2 N–H and O–H groups in total. The van der Waals surface area contributed by atoms with Crippen LogP contribution in [0.1, 0.15) is 33.6 Å². The number of nitrogens with zero attached hydrogens (tertiary/aromatic N) is 1. The molecule has 0 aromatic carbocycles. The van der Waals surface area contributed by atoms with E-state index >= 15 is 0 Å². The van der Waals surface area contributed by atoms with Crippen molar-refractivity contribution in [2.75, 3.05) is 33.7 Å². The van der Waals surface area contributed by atoms with E-state index in [-0.39, 0.29) is 17.2 Å². The SMILES string of the molecule is CC1NCCCC1C(=O)NCC(C)(C)CN(C)C. The Hall–Kier alpha value is -0.610. The molecule has 0 bridgehead atoms. The summed E-state index contributed by atoms with van der Waals surface area (Å²) in [4.78, 5) is 14.3. The molecular weight excluding hydrogens is 226 g/mol. The van der Waals surface area contributed by atoms with E-state index in [9.17, 15) is 4.79 Å². The molecule has 0 aliphatic carbocycles. The van der Waals surface area contributed by atoms with Crippen LogP contribution in [0.2, 0.25) is 0 Å². The number of rotatable bonds is 5. The van der Waals surface area contributed by atoms with E-state index in [0.717, 1.165) is 32.5 Å². The minimum atomic E-state index is 0.116. The predicted octanol–water partition coefficient (Wildman–Crippen LogP) is 1.08. The van der Waals surface area contributed by atoms with E-state index in [2.05, 4.69) is 50.4 Å². The quantitative estimate of drug-likeness (QED) is 0.772. The Balaban J connectivity index is 2.40. The van der Waals surface area contributed by atoms with Crippen LogP contribution in [-0.2, 0) is 4.79 Å². The number of carbonyl (C=O) groups excluding carboxylic acids is 1. The van der Waals surface area contributed by atoms with Crippen molar-refractivity contribution in [2.45, 2.75) is 39.7 Å². The first kappa shape index (κ1) is 15.4. The summed E-state index contributed by atoms with van der Waals surface area (Å²) in [7, 11) is 4.13. The summed E-state index contributed by atoms with van der Waals surface area (Å²) in [5.41, 5.74) is 0.116. The first-order valence-electron chi connectivity index (χ1n) is 6.98. The minimum absolute atomic E-state index is 0.116. The van der Waals surface area contributed by atoms with E-state index in [0.29, 0.717) is 6.04 Å². The topological polar surface area (TPSA) is 44.4 Å². The number of nitrogens with one attached hydrogen (secondary N) is 2. The van der Waals surface area contributed by atoms with Crippen molar-refractivity contribution in [3.8, 4) is 0 Å². The lowest BCUT2D eigenvalue weighted by Gasteiger charge is -2.32. The van der Waals surface area contributed by atoms with Gasteiger partial charge in [0.15, 0.2) is 0 Å². The molecule has 4 nitrogen and oxygen atoms in total. The first-order chi connectivity index (χ1) is 8.32. The van der Waals surface area contributed by atoms with Gasteiger partial charge in [0.1, 0.15) is 0 Å². The second kappa shape index (κ2) is 6.53. The summed E-state index contributed by atoms with van der Waals surface area (Å²) < 4.78 is 0. The van der Waals surface area contributed by atoms with Crippen LogP contribution < -0.4 is 10.6 Å². The number of hydrogen-bond acceptors (Lipinski definition) is 3. The van der Waals surface area contributed by atoms with Crippen molar-refractivity contribution in [2.24, 2.45) is 11.3 Å². The van der Waals surface area contributed by atoms with Gasteiger partial charge in [0.25, 0.3) is 0 Å². The van der Waals surface area contributed by atoms with E-state index in [4.69, 9.17) is 0 Å². The van der Waals surface area contributed by atoms with Crippen LogP contribution in [0, 0.1) is 11.3 Å². The molecule has 0 aromatic heterocycles. The molecule has 0 radical (unpaired) electrons. The van der Waals surface area contributed by atoms with Gasteiger partial charge in [-0.1, -0.05) is 13.8 Å². The molecule has 1 aliphatic heterocycles. The largest absolute Gasteiger partial charge is 0.355 e. The molecule has 1 amide bonds. The Bertz CT molecular complexity index is 276. The Morgan fingerprint density at radius 2 is 2.11 bits per heavy atom. The smallest absolute Gasteiger partial charge is 0.224 e. The highest BCUT2D eigenvalue weighted by molar-refractivity contribution is 5.79. The summed E-state index contributed by atoms with van der Waals surface area (Å²) >= 11 is 0. The monoisotopic (exact) mass is 255 g/mol. The fourth-order valence-electron chi connectivity index (χ4n) is 2.77. The molecule has 1 heterocycles. The average Bonchev–Trinajstić information content (AvgIpc) is 2.25. The normalized spacial score (nSPS) is 25.2. The molecule has 1 aliphatic rings. The summed E-state index contributed by atoms with van der Waals surface area (Å²) in [6.07, 6.45) is 2.11. The van der Waals surface area contributed by atoms with Gasteiger partial charge < -0.3 is 15.5 Å². The maximum Gasteiger partial charge on any atom is 0.224 e. The zero-order chi connectivity index (χ0) is 13.8. The Morgan fingerprint density at radius 1 is 1.44 bits per heavy atom. The van der Waals surface area contributed by atoms with Crippen molar-refractivity contribution < 1.29 is 4.79 Å².